The van der Waals surface area contributed by atoms with Crippen LogP contribution in [-0.4, -0.2) is 85.8 Å². The van der Waals surface area contributed by atoms with Gasteiger partial charge in [-0.15, -0.1) is 11.3 Å². The van der Waals surface area contributed by atoms with Crippen molar-refractivity contribution in [3.05, 3.63) is 41.4 Å². The maximum Gasteiger partial charge on any atom is 0.408 e. The summed E-state index contributed by atoms with van der Waals surface area (Å²) in [5, 5.41) is 9.02. The number of ether oxygens (including phenoxy) is 3. The van der Waals surface area contributed by atoms with Crippen molar-refractivity contribution in [1.82, 2.24) is 30.1 Å². The van der Waals surface area contributed by atoms with Crippen molar-refractivity contribution in [3.8, 4) is 16.6 Å². The molecule has 59 heavy (non-hydrogen) atoms. The number of para-hydroxylation sites is 1. The highest BCUT2D eigenvalue weighted by Gasteiger charge is 2.63. The number of amides is 3. The fourth-order valence-corrected chi connectivity index (χ4v) is 10.1. The first-order valence-electron chi connectivity index (χ1n) is 21.8. The van der Waals surface area contributed by atoms with Crippen LogP contribution >= 0.6 is 11.3 Å². The molecule has 3 amide bonds. The number of aromatic nitrogens is 3. The number of rotatable bonds is 8. The van der Waals surface area contributed by atoms with Gasteiger partial charge >= 0.3 is 12.1 Å². The first kappa shape index (κ1) is 42.7. The predicted molar refractivity (Wildman–Crippen MR) is 227 cm³/mol. The van der Waals surface area contributed by atoms with E-state index in [0.717, 1.165) is 46.6 Å². The van der Waals surface area contributed by atoms with E-state index >= 15 is 0 Å². The number of hydrogen-bond donors (Lipinski definition) is 2. The summed E-state index contributed by atoms with van der Waals surface area (Å²) < 4.78 is 20.0. The molecule has 0 radical (unpaired) electrons. The molecular weight excluding hydrogens is 769 g/mol. The zero-order valence-corrected chi connectivity index (χ0v) is 36.6. The molecule has 14 heteroatoms. The van der Waals surface area contributed by atoms with Gasteiger partial charge in [-0.1, -0.05) is 57.2 Å². The van der Waals surface area contributed by atoms with E-state index in [0.29, 0.717) is 31.2 Å². The van der Waals surface area contributed by atoms with Crippen LogP contribution in [0.1, 0.15) is 137 Å². The van der Waals surface area contributed by atoms with Crippen LogP contribution in [0.2, 0.25) is 0 Å². The van der Waals surface area contributed by atoms with Crippen LogP contribution in [0.3, 0.4) is 0 Å². The highest BCUT2D eigenvalue weighted by atomic mass is 32.1. The van der Waals surface area contributed by atoms with Gasteiger partial charge in [0.05, 0.1) is 24.4 Å². The third-order valence-electron chi connectivity index (χ3n) is 12.3. The average molecular weight is 831 g/mol. The number of fused-ring (bicyclic) bond motifs is 3. The van der Waals surface area contributed by atoms with Crippen molar-refractivity contribution < 1.29 is 33.4 Å². The molecule has 13 nitrogen and oxygen atoms in total. The molecule has 0 bridgehead atoms. The Labute approximate surface area is 352 Å². The maximum absolute atomic E-state index is 14.8. The Bertz CT molecular complexity index is 2050. The van der Waals surface area contributed by atoms with Crippen molar-refractivity contribution in [2.45, 2.75) is 160 Å². The molecule has 2 saturated carbocycles. The summed E-state index contributed by atoms with van der Waals surface area (Å²) in [5.41, 5.74) is 1.78. The largest absolute Gasteiger partial charge is 0.464 e. The minimum atomic E-state index is -1.22. The average Bonchev–Trinajstić information content (AvgIpc) is 3.48. The molecule has 4 heterocycles. The molecule has 0 unspecified atom stereocenters. The van der Waals surface area contributed by atoms with Gasteiger partial charge in [0.1, 0.15) is 39.9 Å². The Kier molecular flexibility index (Phi) is 12.8. The van der Waals surface area contributed by atoms with Crippen molar-refractivity contribution >= 4 is 46.2 Å². The first-order chi connectivity index (χ1) is 28.2. The molecular formula is C45H62N6O7S. The number of allylic oxidation sites excluding steroid dienone is 1. The number of carbonyl (C=O) groups is 4. The number of benzene rings is 1. The van der Waals surface area contributed by atoms with Gasteiger partial charge in [0.25, 0.3) is 6.01 Å². The predicted octanol–water partition coefficient (Wildman–Crippen LogP) is 8.23. The van der Waals surface area contributed by atoms with E-state index < -0.39 is 59.1 Å². The second-order valence-corrected chi connectivity index (χ2v) is 19.0. The summed E-state index contributed by atoms with van der Waals surface area (Å²) in [7, 11) is 0. The normalized spacial score (nSPS) is 27.6. The molecule has 2 aliphatic carbocycles. The summed E-state index contributed by atoms with van der Waals surface area (Å²) in [6, 6.07) is 4.52. The number of thiazole rings is 1. The number of hydrogen-bond acceptors (Lipinski definition) is 10. The second kappa shape index (κ2) is 17.6. The van der Waals surface area contributed by atoms with Gasteiger partial charge in [0, 0.05) is 34.7 Å². The van der Waals surface area contributed by atoms with Crippen LogP contribution in [-0.2, 0) is 23.9 Å². The van der Waals surface area contributed by atoms with Gasteiger partial charge in [-0.2, -0.15) is 4.98 Å². The lowest BCUT2D eigenvalue weighted by Crippen LogP contribution is -2.57. The van der Waals surface area contributed by atoms with Gasteiger partial charge in [-0.25, -0.2) is 14.6 Å². The summed E-state index contributed by atoms with van der Waals surface area (Å²) in [6.07, 6.45) is 12.8. The Balaban J connectivity index is 1.23. The van der Waals surface area contributed by atoms with Crippen LogP contribution < -0.4 is 15.4 Å². The summed E-state index contributed by atoms with van der Waals surface area (Å²) in [4.78, 5) is 67.9. The van der Waals surface area contributed by atoms with Crippen LogP contribution in [0.5, 0.6) is 6.01 Å². The number of nitrogens with zero attached hydrogens (tertiary/aromatic N) is 4. The topological polar surface area (TPSA) is 154 Å². The zero-order chi connectivity index (χ0) is 42.1. The fraction of sp³-hybridized carbons (Fsp3) is 0.644. The third-order valence-corrected chi connectivity index (χ3v) is 13.2. The highest BCUT2D eigenvalue weighted by molar-refractivity contribution is 7.13. The smallest absolute Gasteiger partial charge is 0.408 e. The molecule has 1 aromatic carbocycles. The van der Waals surface area contributed by atoms with E-state index in [-0.39, 0.29) is 25.1 Å². The lowest BCUT2D eigenvalue weighted by Gasteiger charge is -2.31. The molecule has 7 rings (SSSR count). The lowest BCUT2D eigenvalue weighted by molar-refractivity contribution is -0.150. The Morgan fingerprint density at radius 1 is 1.05 bits per heavy atom. The van der Waals surface area contributed by atoms with E-state index in [2.05, 4.69) is 46.6 Å². The number of nitrogens with one attached hydrogen (secondary N) is 2. The Hall–Kier alpha value is -4.46. The van der Waals surface area contributed by atoms with Gasteiger partial charge in [0.2, 0.25) is 11.8 Å². The molecule has 2 N–H and O–H groups in total. The van der Waals surface area contributed by atoms with Crippen molar-refractivity contribution in [1.29, 1.82) is 0 Å². The second-order valence-electron chi connectivity index (χ2n) is 18.2. The standard InChI is InChI=1S/C45H62N6O7S/c1-8-56-41(54)45-24-30(45)20-15-10-9-11-16-22-32(47-43(55)58-44(5,6)7)40(53)50-25-35(28(4)37(50)38(52)49-45)57-42-48-36-31(21-17-23-34(36)51(42)27(2)3)39-46-33(26-59-39)29-18-13-12-14-19-29/h15,17,20-21,23,26-30,32,35,37H,8-14,16,18-19,22,24-25H2,1-7H3,(H,47,55)(H,49,52)/b20-15-/t28-,30-,32+,35+,37+,45-/m1/s1. The van der Waals surface area contributed by atoms with Crippen molar-refractivity contribution in [3.63, 3.8) is 0 Å². The molecule has 4 aliphatic rings. The SMILES string of the molecule is CCOC(=O)[C@@]12C[C@H]1/C=C\CCCCC[C@H](NC(=O)OC(C)(C)C)C(=O)N1C[C@H](Oc3nc4c(-c5nc(C6CCCCC6)cs5)cccc4n3C(C)C)[C@@H](C)[C@H]1C(=O)N2. The summed E-state index contributed by atoms with van der Waals surface area (Å²) in [5.74, 6) is -1.62. The summed E-state index contributed by atoms with van der Waals surface area (Å²) in [6.45, 7) is 13.3. The van der Waals surface area contributed by atoms with Crippen LogP contribution in [0.15, 0.2) is 35.7 Å². The number of carbonyl (C=O) groups excluding carboxylic acids is 4. The minimum absolute atomic E-state index is 0.0295. The number of imidazole rings is 1. The Morgan fingerprint density at radius 2 is 1.80 bits per heavy atom. The van der Waals surface area contributed by atoms with Crippen LogP contribution in [0.25, 0.3) is 21.6 Å². The van der Waals surface area contributed by atoms with Crippen LogP contribution in [0.4, 0.5) is 4.79 Å². The maximum atomic E-state index is 14.8. The van der Waals surface area contributed by atoms with Crippen molar-refractivity contribution in [2.24, 2.45) is 11.8 Å². The molecule has 0 spiro atoms. The van der Waals surface area contributed by atoms with Gasteiger partial charge in [-0.3, -0.25) is 14.2 Å². The quantitative estimate of drug-likeness (QED) is 0.169. The zero-order valence-electron chi connectivity index (χ0n) is 35.8. The highest BCUT2D eigenvalue weighted by Crippen LogP contribution is 2.47. The number of esters is 1. The van der Waals surface area contributed by atoms with Gasteiger partial charge in [0.15, 0.2) is 0 Å². The molecule has 2 aromatic heterocycles. The summed E-state index contributed by atoms with van der Waals surface area (Å²) >= 11 is 1.65. The van der Waals surface area contributed by atoms with E-state index in [1.54, 1.807) is 39.0 Å². The van der Waals surface area contributed by atoms with E-state index in [1.807, 2.05) is 25.1 Å². The molecule has 320 valence electrons. The third kappa shape index (κ3) is 9.17. The van der Waals surface area contributed by atoms with Gasteiger partial charge in [-0.05, 0) is 92.2 Å². The van der Waals surface area contributed by atoms with Crippen LogP contribution in [0, 0.1) is 11.8 Å². The fourth-order valence-electron chi connectivity index (χ4n) is 9.15. The van der Waals surface area contributed by atoms with Crippen molar-refractivity contribution in [2.75, 3.05) is 13.2 Å². The first-order valence-corrected chi connectivity index (χ1v) is 22.7. The number of alkyl carbamates (subject to hydrolysis) is 1. The van der Waals surface area contributed by atoms with E-state index in [1.165, 1.54) is 37.0 Å². The van der Waals surface area contributed by atoms with Gasteiger partial charge < -0.3 is 29.7 Å². The molecule has 6 atom stereocenters. The molecule has 1 saturated heterocycles. The van der Waals surface area contributed by atoms with E-state index in [4.69, 9.17) is 24.2 Å². The Morgan fingerprint density at radius 3 is 2.53 bits per heavy atom. The minimum Gasteiger partial charge on any atom is -0.464 e. The molecule has 2 aliphatic heterocycles. The molecule has 3 fully saturated rings. The lowest BCUT2D eigenvalue weighted by atomic mass is 9.87. The van der Waals surface area contributed by atoms with E-state index in [9.17, 15) is 19.2 Å². The monoisotopic (exact) mass is 830 g/mol. The molecule has 3 aromatic rings.